The Bertz CT molecular complexity index is 1060. The lowest BCUT2D eigenvalue weighted by Crippen LogP contribution is -2.06. The third kappa shape index (κ3) is 3.74. The summed E-state index contributed by atoms with van der Waals surface area (Å²) < 4.78 is 2.22. The largest absolute Gasteiger partial charge is 0.478 e. The predicted octanol–water partition coefficient (Wildman–Crippen LogP) is 6.57. The van der Waals surface area contributed by atoms with Gasteiger partial charge >= 0.3 is 5.97 Å². The molecule has 1 heterocycles. The molecule has 3 nitrogen and oxygen atoms in total. The van der Waals surface area contributed by atoms with Crippen molar-refractivity contribution in [3.63, 3.8) is 0 Å². The highest BCUT2D eigenvalue weighted by Gasteiger charge is 2.23. The normalized spacial score (nSPS) is 16.8. The van der Waals surface area contributed by atoms with Crippen LogP contribution in [0.3, 0.4) is 0 Å². The minimum Gasteiger partial charge on any atom is -0.478 e. The summed E-state index contributed by atoms with van der Waals surface area (Å²) in [6.45, 7) is 2.22. The fourth-order valence-electron chi connectivity index (χ4n) is 4.71. The van der Waals surface area contributed by atoms with Gasteiger partial charge in [-0.2, -0.15) is 0 Å². The van der Waals surface area contributed by atoms with Crippen LogP contribution < -0.4 is 0 Å². The van der Waals surface area contributed by atoms with Gasteiger partial charge in [0.05, 0.1) is 5.56 Å². The quantitative estimate of drug-likeness (QED) is 0.520. The summed E-state index contributed by atoms with van der Waals surface area (Å²) in [5, 5.41) is 10.6. The van der Waals surface area contributed by atoms with Crippen LogP contribution in [-0.2, 0) is 13.5 Å². The number of allylic oxidation sites excluding steroid dienone is 2. The maximum absolute atomic E-state index is 11.5. The molecule has 0 spiro atoms. The number of carboxylic acids is 1. The van der Waals surface area contributed by atoms with Crippen LogP contribution >= 0.6 is 0 Å². The molecule has 1 N–H and O–H groups in total. The maximum Gasteiger partial charge on any atom is 0.335 e. The van der Waals surface area contributed by atoms with Gasteiger partial charge in [0.2, 0.25) is 0 Å². The fraction of sp³-hybridized carbons (Fsp3) is 0.346. The van der Waals surface area contributed by atoms with Gasteiger partial charge < -0.3 is 9.67 Å². The summed E-state index contributed by atoms with van der Waals surface area (Å²) >= 11 is 0. The van der Waals surface area contributed by atoms with Crippen molar-refractivity contribution in [2.24, 2.45) is 7.05 Å². The summed E-state index contributed by atoms with van der Waals surface area (Å²) in [6.07, 6.45) is 9.04. The molecular formula is C26H29NO2. The first-order valence-corrected chi connectivity index (χ1v) is 10.7. The second kappa shape index (κ2) is 8.28. The number of unbranched alkanes of at least 4 members (excludes halogenated alkanes) is 1. The van der Waals surface area contributed by atoms with Crippen molar-refractivity contribution in [3.8, 4) is 0 Å². The van der Waals surface area contributed by atoms with Gasteiger partial charge in [-0.25, -0.2) is 4.79 Å². The van der Waals surface area contributed by atoms with Crippen LogP contribution in [-0.4, -0.2) is 15.6 Å². The summed E-state index contributed by atoms with van der Waals surface area (Å²) in [4.78, 5) is 11.5. The number of aryl methyl sites for hydroxylation is 1. The number of aromatic nitrogens is 1. The minimum absolute atomic E-state index is 0.355. The van der Waals surface area contributed by atoms with Crippen LogP contribution in [0, 0.1) is 0 Å². The second-order valence-electron chi connectivity index (χ2n) is 8.13. The molecule has 1 unspecified atom stereocenters. The number of carboxylic acid groups (broad SMARTS) is 1. The van der Waals surface area contributed by atoms with E-state index in [1.165, 1.54) is 27.8 Å². The number of hydrogen-bond acceptors (Lipinski definition) is 1. The lowest BCUT2D eigenvalue weighted by molar-refractivity contribution is 0.0697. The molecule has 29 heavy (non-hydrogen) atoms. The molecule has 0 radical (unpaired) electrons. The zero-order valence-corrected chi connectivity index (χ0v) is 17.3. The molecule has 3 aromatic rings. The number of fused-ring (bicyclic) bond motifs is 1. The van der Waals surface area contributed by atoms with Crippen molar-refractivity contribution in [3.05, 3.63) is 77.0 Å². The highest BCUT2D eigenvalue weighted by atomic mass is 16.4. The van der Waals surface area contributed by atoms with Gasteiger partial charge in [0, 0.05) is 29.2 Å². The fourth-order valence-corrected chi connectivity index (χ4v) is 4.71. The van der Waals surface area contributed by atoms with E-state index in [2.05, 4.69) is 54.9 Å². The molecule has 0 saturated heterocycles. The standard InChI is InChI=1S/C26H29NO2/c1-3-4-10-23-25(22-16-15-21(26(28)29)17-24(22)27(23)2)20-13-11-19(12-14-20)18-8-6-5-7-9-18/h5-9,13,15-17,19H,3-4,10-12,14H2,1-2H3,(H,28,29). The first-order chi connectivity index (χ1) is 14.1. The molecule has 1 aliphatic carbocycles. The lowest BCUT2D eigenvalue weighted by atomic mass is 9.82. The average molecular weight is 388 g/mol. The van der Waals surface area contributed by atoms with Crippen molar-refractivity contribution >= 4 is 22.4 Å². The van der Waals surface area contributed by atoms with Gasteiger partial charge in [-0.3, -0.25) is 0 Å². The van der Waals surface area contributed by atoms with Gasteiger partial charge in [0.15, 0.2) is 0 Å². The van der Waals surface area contributed by atoms with E-state index in [0.29, 0.717) is 11.5 Å². The van der Waals surface area contributed by atoms with Gasteiger partial charge in [0.1, 0.15) is 0 Å². The van der Waals surface area contributed by atoms with Gasteiger partial charge in [-0.1, -0.05) is 55.8 Å². The van der Waals surface area contributed by atoms with E-state index in [9.17, 15) is 9.90 Å². The number of hydrogen-bond donors (Lipinski definition) is 1. The minimum atomic E-state index is -0.868. The van der Waals surface area contributed by atoms with E-state index < -0.39 is 5.97 Å². The zero-order chi connectivity index (χ0) is 20.4. The Labute approximate surface area is 172 Å². The molecule has 150 valence electrons. The number of benzene rings is 2. The van der Waals surface area contributed by atoms with Crippen molar-refractivity contribution in [1.82, 2.24) is 4.57 Å². The second-order valence-corrected chi connectivity index (χ2v) is 8.13. The van der Waals surface area contributed by atoms with E-state index in [1.807, 2.05) is 12.1 Å². The Morgan fingerprint density at radius 1 is 1.17 bits per heavy atom. The monoisotopic (exact) mass is 387 g/mol. The van der Waals surface area contributed by atoms with E-state index >= 15 is 0 Å². The molecule has 0 saturated carbocycles. The summed E-state index contributed by atoms with van der Waals surface area (Å²) in [5.41, 5.74) is 6.92. The van der Waals surface area contributed by atoms with Crippen LogP contribution in [0.15, 0.2) is 54.6 Å². The molecule has 1 atom stereocenters. The Morgan fingerprint density at radius 2 is 1.97 bits per heavy atom. The van der Waals surface area contributed by atoms with Crippen molar-refractivity contribution in [2.75, 3.05) is 0 Å². The molecule has 1 aromatic heterocycles. The topological polar surface area (TPSA) is 42.2 Å². The lowest BCUT2D eigenvalue weighted by Gasteiger charge is -2.23. The Hall–Kier alpha value is -2.81. The van der Waals surface area contributed by atoms with E-state index in [1.54, 1.807) is 6.07 Å². The van der Waals surface area contributed by atoms with Crippen LogP contribution in [0.5, 0.6) is 0 Å². The average Bonchev–Trinajstić information content (AvgIpc) is 3.04. The Morgan fingerprint density at radius 3 is 2.62 bits per heavy atom. The van der Waals surface area contributed by atoms with Gasteiger partial charge in [-0.15, -0.1) is 0 Å². The van der Waals surface area contributed by atoms with Crippen molar-refractivity contribution < 1.29 is 9.90 Å². The molecule has 0 amide bonds. The summed E-state index contributed by atoms with van der Waals surface area (Å²) in [6, 6.07) is 16.4. The molecular weight excluding hydrogens is 358 g/mol. The first-order valence-electron chi connectivity index (χ1n) is 10.7. The van der Waals surface area contributed by atoms with Gasteiger partial charge in [-0.05, 0) is 61.3 Å². The van der Waals surface area contributed by atoms with Crippen LogP contribution in [0.2, 0.25) is 0 Å². The molecule has 0 aliphatic heterocycles. The first kappa shape index (κ1) is 19.5. The van der Waals surface area contributed by atoms with Crippen molar-refractivity contribution in [1.29, 1.82) is 0 Å². The molecule has 2 aromatic carbocycles. The summed E-state index contributed by atoms with van der Waals surface area (Å²) in [5.74, 6) is -0.278. The zero-order valence-electron chi connectivity index (χ0n) is 17.3. The number of rotatable bonds is 6. The molecule has 0 bridgehead atoms. The van der Waals surface area contributed by atoms with Crippen LogP contribution in [0.25, 0.3) is 16.5 Å². The highest BCUT2D eigenvalue weighted by Crippen LogP contribution is 2.41. The Balaban J connectivity index is 1.76. The molecule has 4 rings (SSSR count). The summed E-state index contributed by atoms with van der Waals surface area (Å²) in [7, 11) is 2.08. The predicted molar refractivity (Wildman–Crippen MR) is 120 cm³/mol. The maximum atomic E-state index is 11.5. The number of carbonyl (C=O) groups is 1. The van der Waals surface area contributed by atoms with Gasteiger partial charge in [0.25, 0.3) is 0 Å². The molecule has 1 aliphatic rings. The molecule has 0 fully saturated rings. The Kier molecular flexibility index (Phi) is 5.57. The highest BCUT2D eigenvalue weighted by molar-refractivity contribution is 5.99. The van der Waals surface area contributed by atoms with Crippen molar-refractivity contribution in [2.45, 2.75) is 51.4 Å². The third-order valence-electron chi connectivity index (χ3n) is 6.34. The van der Waals surface area contributed by atoms with E-state index in [4.69, 9.17) is 0 Å². The SMILES string of the molecule is CCCCc1c(C2=CCC(c3ccccc3)CC2)c2ccc(C(=O)O)cc2n1C. The molecule has 3 heteroatoms. The van der Waals surface area contributed by atoms with Crippen LogP contribution in [0.1, 0.15) is 72.1 Å². The van der Waals surface area contributed by atoms with Crippen LogP contribution in [0.4, 0.5) is 0 Å². The number of aromatic carboxylic acids is 1. The van der Waals surface area contributed by atoms with E-state index in [0.717, 1.165) is 44.0 Å². The third-order valence-corrected chi connectivity index (χ3v) is 6.34. The number of nitrogens with zero attached hydrogens (tertiary/aromatic N) is 1. The smallest absolute Gasteiger partial charge is 0.335 e. The van der Waals surface area contributed by atoms with E-state index in [-0.39, 0.29) is 0 Å².